The highest BCUT2D eigenvalue weighted by molar-refractivity contribution is 5.85. The van der Waals surface area contributed by atoms with E-state index in [9.17, 15) is 9.50 Å². The molecule has 1 aliphatic rings. The van der Waals surface area contributed by atoms with Crippen LogP contribution in [0.4, 0.5) is 4.39 Å². The van der Waals surface area contributed by atoms with E-state index in [-0.39, 0.29) is 42.4 Å². The van der Waals surface area contributed by atoms with Crippen LogP contribution >= 0.6 is 24.8 Å². The van der Waals surface area contributed by atoms with E-state index < -0.39 is 0 Å². The minimum absolute atomic E-state index is 0. The third-order valence-corrected chi connectivity index (χ3v) is 4.04. The van der Waals surface area contributed by atoms with E-state index in [1.807, 2.05) is 0 Å². The van der Waals surface area contributed by atoms with Crippen LogP contribution < -0.4 is 5.32 Å². The van der Waals surface area contributed by atoms with Gasteiger partial charge in [0.05, 0.1) is 0 Å². The van der Waals surface area contributed by atoms with E-state index in [1.54, 1.807) is 0 Å². The van der Waals surface area contributed by atoms with Crippen LogP contribution in [0.1, 0.15) is 31.9 Å². The number of nitrogens with zero attached hydrogens (tertiary/aromatic N) is 1. The number of halogens is 3. The lowest BCUT2D eigenvalue weighted by molar-refractivity contribution is 0.126. The number of nitrogens with one attached hydrogen (secondary N) is 1. The van der Waals surface area contributed by atoms with Crippen molar-refractivity contribution in [2.45, 2.75) is 26.3 Å². The van der Waals surface area contributed by atoms with Crippen molar-refractivity contribution in [3.05, 3.63) is 29.6 Å². The fraction of sp³-hybridized carbons (Fsp3) is 0.600. The van der Waals surface area contributed by atoms with Crippen molar-refractivity contribution in [3.63, 3.8) is 0 Å². The number of hydrogen-bond donors (Lipinski definition) is 2. The molecule has 3 nitrogen and oxygen atoms in total. The summed E-state index contributed by atoms with van der Waals surface area (Å²) in [7, 11) is 0. The van der Waals surface area contributed by atoms with Gasteiger partial charge >= 0.3 is 0 Å². The maximum Gasteiger partial charge on any atom is 0.123 e. The fourth-order valence-electron chi connectivity index (χ4n) is 2.81. The zero-order valence-corrected chi connectivity index (χ0v) is 14.1. The minimum Gasteiger partial charge on any atom is -0.508 e. The van der Waals surface area contributed by atoms with Crippen molar-refractivity contribution in [1.82, 2.24) is 10.2 Å². The van der Waals surface area contributed by atoms with Crippen LogP contribution in [-0.2, 0) is 0 Å². The molecule has 0 aliphatic carbocycles. The molecular formula is C15H25Cl2FN2O. The Kier molecular flexibility index (Phi) is 9.22. The van der Waals surface area contributed by atoms with Gasteiger partial charge in [-0.1, -0.05) is 20.3 Å². The Balaban J connectivity index is 0.00000200. The molecule has 6 heteroatoms. The average molecular weight is 339 g/mol. The second-order valence-electron chi connectivity index (χ2n) is 5.32. The van der Waals surface area contributed by atoms with Gasteiger partial charge in [-0.15, -0.1) is 24.8 Å². The van der Waals surface area contributed by atoms with Gasteiger partial charge in [0.1, 0.15) is 11.6 Å². The zero-order valence-electron chi connectivity index (χ0n) is 12.5. The van der Waals surface area contributed by atoms with E-state index in [0.717, 1.165) is 38.2 Å². The highest BCUT2D eigenvalue weighted by atomic mass is 35.5. The van der Waals surface area contributed by atoms with Crippen LogP contribution in [0.5, 0.6) is 5.75 Å². The molecule has 1 heterocycles. The molecule has 1 fully saturated rings. The molecule has 2 atom stereocenters. The first kappa shape index (κ1) is 20.5. The summed E-state index contributed by atoms with van der Waals surface area (Å²) in [6.45, 7) is 8.06. The van der Waals surface area contributed by atoms with Gasteiger partial charge in [-0.3, -0.25) is 4.90 Å². The van der Waals surface area contributed by atoms with Gasteiger partial charge in [0.25, 0.3) is 0 Å². The van der Waals surface area contributed by atoms with Crippen molar-refractivity contribution in [2.24, 2.45) is 5.92 Å². The summed E-state index contributed by atoms with van der Waals surface area (Å²) in [5.41, 5.74) is 0.719. The molecular weight excluding hydrogens is 314 g/mol. The van der Waals surface area contributed by atoms with Crippen LogP contribution in [0.15, 0.2) is 18.2 Å². The lowest BCUT2D eigenvalue weighted by Crippen LogP contribution is -2.46. The molecule has 1 unspecified atom stereocenters. The summed E-state index contributed by atoms with van der Waals surface area (Å²) in [6, 6.07) is 4.34. The summed E-state index contributed by atoms with van der Waals surface area (Å²) in [5, 5.41) is 13.4. The Bertz CT molecular complexity index is 428. The molecule has 1 aliphatic heterocycles. The standard InChI is InChI=1S/C15H23FN2O.2ClH/c1-3-11(2)15(18-8-6-17-7-9-18)13-10-12(16)4-5-14(13)19;;/h4-5,10-11,15,17,19H,3,6-9H2,1-2H3;2*1H/t11?,15-;;/m1../s1. The van der Waals surface area contributed by atoms with Gasteiger partial charge in [-0.2, -0.15) is 0 Å². The van der Waals surface area contributed by atoms with Crippen LogP contribution in [0.2, 0.25) is 0 Å². The molecule has 2 rings (SSSR count). The number of benzene rings is 1. The first-order valence-electron chi connectivity index (χ1n) is 7.06. The van der Waals surface area contributed by atoms with Gasteiger partial charge in [0.15, 0.2) is 0 Å². The molecule has 0 bridgehead atoms. The predicted molar refractivity (Wildman–Crippen MR) is 89.2 cm³/mol. The number of aromatic hydroxyl groups is 1. The molecule has 0 spiro atoms. The SMILES string of the molecule is CCC(C)[C@H](c1cc(F)ccc1O)N1CCNCC1.Cl.Cl. The summed E-state index contributed by atoms with van der Waals surface area (Å²) < 4.78 is 13.5. The lowest BCUT2D eigenvalue weighted by Gasteiger charge is -2.38. The maximum atomic E-state index is 13.5. The number of phenols is 1. The number of phenolic OH excluding ortho intramolecular Hbond substituents is 1. The van der Waals surface area contributed by atoms with Crippen LogP contribution in [0, 0.1) is 11.7 Å². The van der Waals surface area contributed by atoms with Crippen molar-refractivity contribution in [3.8, 4) is 5.75 Å². The highest BCUT2D eigenvalue weighted by Crippen LogP contribution is 2.36. The van der Waals surface area contributed by atoms with Crippen LogP contribution in [-0.4, -0.2) is 36.2 Å². The van der Waals surface area contributed by atoms with Gasteiger partial charge < -0.3 is 10.4 Å². The quantitative estimate of drug-likeness (QED) is 0.883. The van der Waals surface area contributed by atoms with Crippen molar-refractivity contribution in [1.29, 1.82) is 0 Å². The summed E-state index contributed by atoms with van der Waals surface area (Å²) in [4.78, 5) is 2.35. The highest BCUT2D eigenvalue weighted by Gasteiger charge is 2.28. The van der Waals surface area contributed by atoms with E-state index >= 15 is 0 Å². The monoisotopic (exact) mass is 338 g/mol. The normalized spacial score (nSPS) is 18.2. The second kappa shape index (κ2) is 9.46. The zero-order chi connectivity index (χ0) is 13.8. The van der Waals surface area contributed by atoms with Crippen LogP contribution in [0.25, 0.3) is 0 Å². The first-order valence-corrected chi connectivity index (χ1v) is 7.06. The molecule has 0 radical (unpaired) electrons. The van der Waals surface area contributed by atoms with Gasteiger partial charge in [-0.25, -0.2) is 4.39 Å². The molecule has 21 heavy (non-hydrogen) atoms. The van der Waals surface area contributed by atoms with Gasteiger partial charge in [-0.05, 0) is 24.1 Å². The Morgan fingerprint density at radius 2 is 1.90 bits per heavy atom. The molecule has 2 N–H and O–H groups in total. The lowest BCUT2D eigenvalue weighted by atomic mass is 9.90. The van der Waals surface area contributed by atoms with E-state index in [1.165, 1.54) is 18.2 Å². The smallest absolute Gasteiger partial charge is 0.123 e. The molecule has 1 aromatic carbocycles. The molecule has 0 amide bonds. The number of rotatable bonds is 4. The van der Waals surface area contributed by atoms with Crippen molar-refractivity contribution < 1.29 is 9.50 Å². The van der Waals surface area contributed by atoms with Gasteiger partial charge in [0.2, 0.25) is 0 Å². The molecule has 0 saturated carbocycles. The van der Waals surface area contributed by atoms with Crippen molar-refractivity contribution >= 4 is 24.8 Å². The number of piperazine rings is 1. The summed E-state index contributed by atoms with van der Waals surface area (Å²) >= 11 is 0. The Hall–Kier alpha value is -0.550. The third-order valence-electron chi connectivity index (χ3n) is 4.04. The van der Waals surface area contributed by atoms with E-state index in [2.05, 4.69) is 24.1 Å². The van der Waals surface area contributed by atoms with Crippen LogP contribution in [0.3, 0.4) is 0 Å². The third kappa shape index (κ3) is 4.99. The molecule has 1 aromatic rings. The predicted octanol–water partition coefficient (Wildman–Crippen LogP) is 3.37. The van der Waals surface area contributed by atoms with Crippen molar-refractivity contribution in [2.75, 3.05) is 26.2 Å². The summed E-state index contributed by atoms with van der Waals surface area (Å²) in [6.07, 6.45) is 1.00. The molecule has 0 aromatic heterocycles. The average Bonchev–Trinajstić information content (AvgIpc) is 2.44. The largest absolute Gasteiger partial charge is 0.508 e. The fourth-order valence-corrected chi connectivity index (χ4v) is 2.81. The summed E-state index contributed by atoms with van der Waals surface area (Å²) in [5.74, 6) is 0.298. The Labute approximate surface area is 138 Å². The molecule has 1 saturated heterocycles. The maximum absolute atomic E-state index is 13.5. The Morgan fingerprint density at radius 1 is 1.29 bits per heavy atom. The Morgan fingerprint density at radius 3 is 2.48 bits per heavy atom. The topological polar surface area (TPSA) is 35.5 Å². The number of hydrogen-bond acceptors (Lipinski definition) is 3. The van der Waals surface area contributed by atoms with Gasteiger partial charge in [0, 0.05) is 37.8 Å². The molecule has 122 valence electrons. The first-order chi connectivity index (χ1) is 9.13. The second-order valence-corrected chi connectivity index (χ2v) is 5.32. The van der Waals surface area contributed by atoms with E-state index in [0.29, 0.717) is 5.92 Å². The minimum atomic E-state index is -0.281. The van der Waals surface area contributed by atoms with E-state index in [4.69, 9.17) is 0 Å².